The fraction of sp³-hybridized carbons (Fsp3) is 0.654. The van der Waals surface area contributed by atoms with Crippen molar-refractivity contribution in [3.05, 3.63) is 12.7 Å². The number of thioether (sulfide) groups is 1. The van der Waals surface area contributed by atoms with E-state index in [1.807, 2.05) is 0 Å². The first kappa shape index (κ1) is 48.4. The van der Waals surface area contributed by atoms with Gasteiger partial charge in [-0.05, 0) is 6.92 Å². The molecule has 0 aliphatic carbocycles. The quantitative estimate of drug-likeness (QED) is 0.0473. The molecule has 0 radical (unpaired) electrons. The third kappa shape index (κ3) is 14.3. The Kier molecular flexibility index (Phi) is 16.4. The van der Waals surface area contributed by atoms with Crippen LogP contribution in [0.5, 0.6) is 0 Å². The largest absolute Gasteiger partial charge is 0.790 e. The average Bonchev–Trinajstić information content (AvgIpc) is 3.64. The van der Waals surface area contributed by atoms with Gasteiger partial charge in [0.1, 0.15) is 41.9 Å². The Morgan fingerprint density at radius 3 is 2.33 bits per heavy atom. The first-order chi connectivity index (χ1) is 26.1. The zero-order chi connectivity index (χ0) is 43.1. The molecule has 2 unspecified atom stereocenters. The average molecular weight is 893 g/mol. The fourth-order valence-corrected chi connectivity index (χ4v) is 8.23. The van der Waals surface area contributed by atoms with Crippen molar-refractivity contribution in [2.24, 2.45) is 5.41 Å². The second kappa shape index (κ2) is 19.4. The predicted octanol–water partition coefficient (Wildman–Crippen LogP) is -5.97. The van der Waals surface area contributed by atoms with Gasteiger partial charge in [0.2, 0.25) is 11.8 Å². The summed E-state index contributed by atoms with van der Waals surface area (Å²) in [5.74, 6) is -3.58. The molecule has 0 saturated carbocycles. The number of carbonyl (C=O) groups is 4. The number of phosphoric ester groups is 3. The number of aliphatic hydroxyl groups excluding tert-OH is 2. The highest BCUT2D eigenvalue weighted by molar-refractivity contribution is 8.13. The summed E-state index contributed by atoms with van der Waals surface area (Å²) in [4.78, 5) is 106. The summed E-state index contributed by atoms with van der Waals surface area (Å²) < 4.78 is 60.3. The predicted molar refractivity (Wildman–Crippen MR) is 178 cm³/mol. The van der Waals surface area contributed by atoms with Crippen LogP contribution in [0.15, 0.2) is 12.7 Å². The molecule has 57 heavy (non-hydrogen) atoms. The first-order valence-electron chi connectivity index (χ1n) is 16.1. The van der Waals surface area contributed by atoms with Crippen molar-refractivity contribution < 1.29 is 95.5 Å². The zero-order valence-corrected chi connectivity index (χ0v) is 33.4. The number of hydrogen-bond donors (Lipinski definition) is 6. The Morgan fingerprint density at radius 2 is 1.70 bits per heavy atom. The van der Waals surface area contributed by atoms with Crippen LogP contribution in [0.2, 0.25) is 0 Å². The van der Waals surface area contributed by atoms with E-state index >= 15 is 0 Å². The van der Waals surface area contributed by atoms with E-state index in [9.17, 15) is 72.9 Å². The van der Waals surface area contributed by atoms with Crippen molar-refractivity contribution in [1.82, 2.24) is 30.2 Å². The van der Waals surface area contributed by atoms with Crippen molar-refractivity contribution in [3.8, 4) is 0 Å². The number of fused-ring (bicyclic) bond motifs is 1. The van der Waals surface area contributed by atoms with Crippen LogP contribution in [-0.2, 0) is 55.5 Å². The normalized spacial score (nSPS) is 22.6. The molecule has 0 bridgehead atoms. The molecular weight excluding hydrogens is 855 g/mol. The van der Waals surface area contributed by atoms with Gasteiger partial charge < -0.3 is 84.0 Å². The highest BCUT2D eigenvalue weighted by atomic mass is 32.2. The summed E-state index contributed by atoms with van der Waals surface area (Å²) in [7, 11) is -17.7. The molecule has 7 N–H and O–H groups in total. The topological polar surface area (TPSA) is 435 Å². The molecule has 31 heteroatoms. The molecule has 8 atom stereocenters. The maximum absolute atomic E-state index is 12.5. The molecule has 1 aliphatic rings. The van der Waals surface area contributed by atoms with Crippen LogP contribution in [0, 0.1) is 5.41 Å². The van der Waals surface area contributed by atoms with E-state index in [1.165, 1.54) is 0 Å². The van der Waals surface area contributed by atoms with Crippen molar-refractivity contribution in [2.75, 3.05) is 37.8 Å². The summed E-state index contributed by atoms with van der Waals surface area (Å²) in [5.41, 5.74) is 1.61. The van der Waals surface area contributed by atoms with Crippen molar-refractivity contribution in [3.63, 3.8) is 0 Å². The van der Waals surface area contributed by atoms with Gasteiger partial charge in [0.05, 0.1) is 39.8 Å². The van der Waals surface area contributed by atoms with Crippen LogP contribution in [0.4, 0.5) is 5.82 Å². The van der Waals surface area contributed by atoms with Gasteiger partial charge in [0.15, 0.2) is 22.8 Å². The number of carboxylic acids is 1. The summed E-state index contributed by atoms with van der Waals surface area (Å²) in [5, 5.41) is 45.6. The molecule has 1 saturated heterocycles. The summed E-state index contributed by atoms with van der Waals surface area (Å²) in [6.07, 6.45) is -8.62. The second-order valence-corrected chi connectivity index (χ2v) is 18.2. The van der Waals surface area contributed by atoms with Gasteiger partial charge in [0, 0.05) is 30.7 Å². The van der Waals surface area contributed by atoms with Crippen LogP contribution in [0.25, 0.3) is 11.2 Å². The second-order valence-electron chi connectivity index (χ2n) is 12.9. The minimum absolute atomic E-state index is 0.0239. The highest BCUT2D eigenvalue weighted by Crippen LogP contribution is 2.56. The number of phosphoric acid groups is 3. The number of carboxylic acid groups (broad SMARTS) is 1. The molecule has 2 aromatic heterocycles. The third-order valence-corrected chi connectivity index (χ3v) is 11.6. The van der Waals surface area contributed by atoms with Crippen LogP contribution < -0.4 is 41.0 Å². The van der Waals surface area contributed by atoms with Gasteiger partial charge in [-0.1, -0.05) is 25.6 Å². The third-order valence-electron chi connectivity index (χ3n) is 7.67. The smallest absolute Gasteiger partial charge is 0.274 e. The molecule has 3 rings (SSSR count). The zero-order valence-electron chi connectivity index (χ0n) is 29.9. The Bertz CT molecular complexity index is 1930. The number of amides is 2. The minimum Gasteiger partial charge on any atom is -0.790 e. The minimum atomic E-state index is -5.95. The molecule has 1 aliphatic heterocycles. The number of carbonyl (C=O) groups excluding carboxylic acids is 4. The summed E-state index contributed by atoms with van der Waals surface area (Å²) in [6.45, 7) is 0.484. The Labute approximate surface area is 326 Å². The molecule has 2 aromatic rings. The van der Waals surface area contributed by atoms with E-state index in [0.29, 0.717) is 11.8 Å². The maximum Gasteiger partial charge on any atom is 0.274 e. The molecule has 2 amide bonds. The van der Waals surface area contributed by atoms with Crippen molar-refractivity contribution >= 4 is 75.1 Å². The number of rotatable bonds is 22. The van der Waals surface area contributed by atoms with Crippen LogP contribution in [0.3, 0.4) is 0 Å². The number of aliphatic carboxylic acids is 1. The Balaban J connectivity index is 1.48. The van der Waals surface area contributed by atoms with Crippen molar-refractivity contribution in [2.45, 2.75) is 69.9 Å². The lowest BCUT2D eigenvalue weighted by molar-refractivity contribution is -0.347. The van der Waals surface area contributed by atoms with E-state index in [-0.39, 0.29) is 42.2 Å². The lowest BCUT2D eigenvalue weighted by atomic mass is 9.87. The standard InChI is InChI=1S/C26H42N7O20P3S/c1-25(2,19(37)22(38)29-5-4-14(34)28-6-7-57-15(35)8-26(3,41)24(39)40)10-50-56(47,48)53-55(45,46)49-9-13-18(52-54(42,43)44)17(36)23(51-13)33-12-32-16-20(27)30-11-31-21(16)33/h11-13,17-19,23,36-37,41H,4-10H2,1-3H3,(H,28,34)(H,29,38)(H,39,40)(H,45,46)(H,47,48)(H2,27,30,31)(H2,42,43,44)/p-5/t13-,17-,18-,19+,23-,26-/m1/s1. The van der Waals surface area contributed by atoms with E-state index in [1.54, 1.807) is 0 Å². The Hall–Kier alpha value is -3.01. The first-order valence-corrected chi connectivity index (χ1v) is 21.4. The van der Waals surface area contributed by atoms with E-state index in [2.05, 4.69) is 43.5 Å². The van der Waals surface area contributed by atoms with Gasteiger partial charge in [0.25, 0.3) is 15.6 Å². The Morgan fingerprint density at radius 1 is 1.05 bits per heavy atom. The summed E-state index contributed by atoms with van der Waals surface area (Å²) >= 11 is 0.652. The molecular formula is C26H37N7O20P3S-5. The van der Waals surface area contributed by atoms with Gasteiger partial charge in [-0.3, -0.25) is 28.1 Å². The van der Waals surface area contributed by atoms with Crippen LogP contribution >= 0.6 is 35.2 Å². The number of hydrogen-bond acceptors (Lipinski definition) is 25. The van der Waals surface area contributed by atoms with E-state index < -0.39 is 108 Å². The monoisotopic (exact) mass is 892 g/mol. The molecule has 1 fully saturated rings. The number of nitrogens with one attached hydrogen (secondary N) is 2. The SMILES string of the molecule is CC(C)(COP(=O)([O-])OP(=O)([O-])OC[C@H]1O[C@@H](n2cnc3c(N)ncnc32)[C@H](O)[C@@H]1OP(=O)([O-])[O-])[C@@H](O)C(=O)NCCC(=O)NCCSC(=O)C[C@@](C)(O)C(=O)[O-]. The number of aliphatic hydroxyl groups is 3. The van der Waals surface area contributed by atoms with E-state index in [4.69, 9.17) is 10.5 Å². The van der Waals surface area contributed by atoms with Crippen molar-refractivity contribution in [1.29, 1.82) is 0 Å². The molecule has 322 valence electrons. The van der Waals surface area contributed by atoms with Crippen LogP contribution in [0.1, 0.15) is 39.8 Å². The highest BCUT2D eigenvalue weighted by Gasteiger charge is 2.47. The van der Waals surface area contributed by atoms with E-state index in [0.717, 1.165) is 38.0 Å². The number of nitrogen functional groups attached to an aromatic ring is 1. The lowest BCUT2D eigenvalue weighted by Gasteiger charge is -2.36. The van der Waals surface area contributed by atoms with Gasteiger partial charge in [-0.25, -0.2) is 19.3 Å². The van der Waals surface area contributed by atoms with Gasteiger partial charge in [-0.15, -0.1) is 0 Å². The number of imidazole rings is 1. The maximum atomic E-state index is 12.5. The molecule has 0 aromatic carbocycles. The number of nitrogens with zero attached hydrogens (tertiary/aromatic N) is 4. The number of anilines is 1. The summed E-state index contributed by atoms with van der Waals surface area (Å²) in [6, 6.07) is 0. The number of ether oxygens (including phenoxy) is 1. The van der Waals surface area contributed by atoms with Gasteiger partial charge in [-0.2, -0.15) is 0 Å². The fourth-order valence-electron chi connectivity index (χ4n) is 4.68. The number of aromatic nitrogens is 4. The number of nitrogens with two attached hydrogens (primary N) is 1. The molecule has 0 spiro atoms. The van der Waals surface area contributed by atoms with Crippen LogP contribution in [-0.4, -0.2) is 120 Å². The molecule has 27 nitrogen and oxygen atoms in total. The molecule has 3 heterocycles. The van der Waals surface area contributed by atoms with Gasteiger partial charge >= 0.3 is 0 Å². The lowest BCUT2D eigenvalue weighted by Crippen LogP contribution is -2.47.